The van der Waals surface area contributed by atoms with Crippen molar-refractivity contribution in [2.24, 2.45) is 0 Å². The molecule has 4 rings (SSSR count). The fourth-order valence-electron chi connectivity index (χ4n) is 4.05. The Kier molecular flexibility index (Phi) is 6.58. The minimum Gasteiger partial charge on any atom is -0.367 e. The molecule has 2 aliphatic rings. The maximum absolute atomic E-state index is 15.0. The number of rotatable bonds is 5. The molecule has 0 bridgehead atoms. The molecule has 6 heteroatoms. The van der Waals surface area contributed by atoms with E-state index >= 15 is 4.39 Å². The van der Waals surface area contributed by atoms with Gasteiger partial charge in [-0.15, -0.1) is 0 Å². The largest absolute Gasteiger partial charge is 0.367 e. The molecule has 1 fully saturated rings. The number of fused-ring (bicyclic) bond motifs is 1. The van der Waals surface area contributed by atoms with Crippen LogP contribution in [-0.2, 0) is 4.79 Å². The fraction of sp³-hybridized carbons (Fsp3) is 0.320. The Balaban J connectivity index is 1.59. The molecule has 0 atom stereocenters. The van der Waals surface area contributed by atoms with Crippen LogP contribution in [0.25, 0.3) is 12.2 Å². The first-order chi connectivity index (χ1) is 14.9. The number of piperazine rings is 1. The fourth-order valence-corrected chi connectivity index (χ4v) is 4.32. The van der Waals surface area contributed by atoms with E-state index in [1.807, 2.05) is 42.5 Å². The van der Waals surface area contributed by atoms with Crippen LogP contribution >= 0.6 is 15.9 Å². The van der Waals surface area contributed by atoms with Gasteiger partial charge in [0.25, 0.3) is 0 Å². The molecule has 162 valence electrons. The van der Waals surface area contributed by atoms with Crippen molar-refractivity contribution in [3.8, 4) is 0 Å². The number of likely N-dealkylation sites (N-methyl/N-ethyl adjacent to an activating group) is 2. The first kappa shape index (κ1) is 21.8. The van der Waals surface area contributed by atoms with Crippen molar-refractivity contribution in [1.29, 1.82) is 0 Å². The van der Waals surface area contributed by atoms with Gasteiger partial charge in [0.15, 0.2) is 5.78 Å². The molecule has 0 radical (unpaired) electrons. The Labute approximate surface area is 191 Å². The monoisotopic (exact) mass is 483 g/mol. The molecule has 4 nitrogen and oxygen atoms in total. The first-order valence-corrected chi connectivity index (χ1v) is 11.4. The molecule has 2 heterocycles. The highest BCUT2D eigenvalue weighted by Gasteiger charge is 2.24. The summed E-state index contributed by atoms with van der Waals surface area (Å²) in [6.07, 6.45) is 5.26. The van der Waals surface area contributed by atoms with E-state index in [0.29, 0.717) is 17.8 Å². The lowest BCUT2D eigenvalue weighted by molar-refractivity contribution is -0.111. The molecule has 0 spiro atoms. The molecule has 0 N–H and O–H groups in total. The molecule has 1 saturated heterocycles. The summed E-state index contributed by atoms with van der Waals surface area (Å²) in [5, 5.41) is 0. The third kappa shape index (κ3) is 4.91. The van der Waals surface area contributed by atoms with Crippen molar-refractivity contribution < 1.29 is 9.18 Å². The molecule has 2 aromatic rings. The Morgan fingerprint density at radius 1 is 1.10 bits per heavy atom. The molecule has 2 aliphatic heterocycles. The van der Waals surface area contributed by atoms with Crippen LogP contribution in [0.5, 0.6) is 0 Å². The minimum atomic E-state index is -0.227. The molecule has 0 aliphatic carbocycles. The number of ketones is 1. The van der Waals surface area contributed by atoms with Crippen LogP contribution in [0.2, 0.25) is 0 Å². The zero-order valence-corrected chi connectivity index (χ0v) is 19.5. The normalized spacial score (nSPS) is 17.1. The van der Waals surface area contributed by atoms with E-state index < -0.39 is 0 Å². The van der Waals surface area contributed by atoms with E-state index in [0.717, 1.165) is 54.0 Å². The first-order valence-electron chi connectivity index (χ1n) is 10.6. The van der Waals surface area contributed by atoms with Crippen molar-refractivity contribution in [3.63, 3.8) is 0 Å². The zero-order valence-electron chi connectivity index (χ0n) is 17.9. The second-order valence-electron chi connectivity index (χ2n) is 8.09. The number of halogens is 2. The second-order valence-corrected chi connectivity index (χ2v) is 9.00. The summed E-state index contributed by atoms with van der Waals surface area (Å²) in [5.41, 5.74) is 4.05. The third-order valence-electron chi connectivity index (χ3n) is 5.97. The number of hydrogen-bond acceptors (Lipinski definition) is 4. The number of nitrogens with zero attached hydrogens (tertiary/aromatic N) is 3. The third-order valence-corrected chi connectivity index (χ3v) is 6.50. The van der Waals surface area contributed by atoms with Gasteiger partial charge in [0.05, 0.1) is 5.69 Å². The number of carbonyl (C=O) groups is 1. The number of benzene rings is 2. The van der Waals surface area contributed by atoms with Gasteiger partial charge in [-0.2, -0.15) is 0 Å². The summed E-state index contributed by atoms with van der Waals surface area (Å²) in [7, 11) is 2.09. The van der Waals surface area contributed by atoms with Crippen LogP contribution < -0.4 is 9.80 Å². The zero-order chi connectivity index (χ0) is 22.0. The van der Waals surface area contributed by atoms with Gasteiger partial charge < -0.3 is 14.7 Å². The average Bonchev–Trinajstić information content (AvgIpc) is 2.78. The Morgan fingerprint density at radius 3 is 2.48 bits per heavy atom. The lowest BCUT2D eigenvalue weighted by Crippen LogP contribution is -2.45. The van der Waals surface area contributed by atoms with Crippen molar-refractivity contribution in [2.45, 2.75) is 6.92 Å². The quantitative estimate of drug-likeness (QED) is 0.568. The van der Waals surface area contributed by atoms with Gasteiger partial charge in [-0.05, 0) is 56.0 Å². The van der Waals surface area contributed by atoms with Crippen molar-refractivity contribution in [1.82, 2.24) is 4.90 Å². The average molecular weight is 484 g/mol. The van der Waals surface area contributed by atoms with E-state index in [-0.39, 0.29) is 11.6 Å². The highest BCUT2D eigenvalue weighted by molar-refractivity contribution is 9.10. The molecule has 0 amide bonds. The number of carbonyl (C=O) groups excluding carboxylic acids is 1. The van der Waals surface area contributed by atoms with Crippen LogP contribution in [0.1, 0.15) is 18.1 Å². The van der Waals surface area contributed by atoms with E-state index in [1.165, 1.54) is 0 Å². The molecule has 0 unspecified atom stereocenters. The SMILES string of the molecule is CCN1CC(C(=O)C=Cc2ccc(Br)cc2)=Cc2cc(F)c(N3CCN(C)CC3)cc21. The van der Waals surface area contributed by atoms with Crippen LogP contribution in [0.3, 0.4) is 0 Å². The van der Waals surface area contributed by atoms with E-state index in [1.54, 1.807) is 12.1 Å². The van der Waals surface area contributed by atoms with Crippen molar-refractivity contribution in [3.05, 3.63) is 69.5 Å². The van der Waals surface area contributed by atoms with Gasteiger partial charge in [-0.3, -0.25) is 4.79 Å². The number of hydrogen-bond donors (Lipinski definition) is 0. The lowest BCUT2D eigenvalue weighted by Gasteiger charge is -2.36. The van der Waals surface area contributed by atoms with Crippen LogP contribution in [-0.4, -0.2) is 57.0 Å². The molecule has 0 saturated carbocycles. The van der Waals surface area contributed by atoms with Crippen LogP contribution in [0.4, 0.5) is 15.8 Å². The summed E-state index contributed by atoms with van der Waals surface area (Å²) < 4.78 is 16.0. The predicted octanol–water partition coefficient (Wildman–Crippen LogP) is 4.85. The molecule has 2 aromatic carbocycles. The Morgan fingerprint density at radius 2 is 1.81 bits per heavy atom. The Bertz CT molecular complexity index is 1020. The van der Waals surface area contributed by atoms with Gasteiger partial charge >= 0.3 is 0 Å². The van der Waals surface area contributed by atoms with E-state index in [9.17, 15) is 4.79 Å². The van der Waals surface area contributed by atoms with Gasteiger partial charge in [0.2, 0.25) is 0 Å². The summed E-state index contributed by atoms with van der Waals surface area (Å²) in [6.45, 7) is 6.84. The van der Waals surface area contributed by atoms with Crippen molar-refractivity contribution in [2.75, 3.05) is 56.1 Å². The minimum absolute atomic E-state index is 0.0458. The number of allylic oxidation sites excluding steroid dienone is 1. The predicted molar refractivity (Wildman–Crippen MR) is 130 cm³/mol. The smallest absolute Gasteiger partial charge is 0.183 e. The van der Waals surface area contributed by atoms with Gasteiger partial charge in [-0.25, -0.2) is 4.39 Å². The van der Waals surface area contributed by atoms with E-state index in [4.69, 9.17) is 0 Å². The molecular formula is C25H27BrFN3O. The second kappa shape index (κ2) is 9.37. The summed E-state index contributed by atoms with van der Waals surface area (Å²) in [4.78, 5) is 19.4. The van der Waals surface area contributed by atoms with Gasteiger partial charge in [0.1, 0.15) is 5.82 Å². The summed E-state index contributed by atoms with van der Waals surface area (Å²) in [6, 6.07) is 11.3. The lowest BCUT2D eigenvalue weighted by atomic mass is 9.98. The maximum Gasteiger partial charge on any atom is 0.183 e. The van der Waals surface area contributed by atoms with Crippen molar-refractivity contribution >= 4 is 45.2 Å². The highest BCUT2D eigenvalue weighted by Crippen LogP contribution is 2.35. The summed E-state index contributed by atoms with van der Waals surface area (Å²) >= 11 is 3.42. The molecule has 31 heavy (non-hydrogen) atoms. The number of anilines is 2. The van der Waals surface area contributed by atoms with Crippen LogP contribution in [0.15, 0.2) is 52.5 Å². The summed E-state index contributed by atoms with van der Waals surface area (Å²) in [5.74, 6) is -0.273. The standard InChI is InChI=1S/C25H27BrFN3O/c1-3-29-17-20(25(31)9-6-18-4-7-21(26)8-5-18)14-19-15-22(27)24(16-23(19)29)30-12-10-28(2)11-13-30/h4-9,14-16H,3,10-13,17H2,1-2H3. The Hall–Kier alpha value is -2.44. The van der Waals surface area contributed by atoms with E-state index in [2.05, 4.69) is 44.6 Å². The van der Waals surface area contributed by atoms with Gasteiger partial charge in [0, 0.05) is 60.6 Å². The highest BCUT2D eigenvalue weighted by atomic mass is 79.9. The maximum atomic E-state index is 15.0. The molecular weight excluding hydrogens is 457 g/mol. The van der Waals surface area contributed by atoms with Gasteiger partial charge in [-0.1, -0.05) is 34.1 Å². The topological polar surface area (TPSA) is 26.8 Å². The van der Waals surface area contributed by atoms with Crippen LogP contribution in [0, 0.1) is 5.82 Å². The molecule has 0 aromatic heterocycles.